The highest BCUT2D eigenvalue weighted by Gasteiger charge is 2.19. The van der Waals surface area contributed by atoms with Crippen molar-refractivity contribution in [2.24, 2.45) is 0 Å². The van der Waals surface area contributed by atoms with E-state index in [2.05, 4.69) is 5.32 Å². The van der Waals surface area contributed by atoms with Gasteiger partial charge < -0.3 is 10.1 Å². The number of aryl methyl sites for hydroxylation is 3. The molecule has 4 nitrogen and oxygen atoms in total. The first kappa shape index (κ1) is 15.7. The number of carbonyl (C=O) groups is 2. The molecular formula is C15H17NO3S2. The first-order valence-electron chi connectivity index (χ1n) is 6.58. The molecule has 0 spiro atoms. The molecule has 1 amide bonds. The first-order chi connectivity index (χ1) is 9.92. The fraction of sp³-hybridized carbons (Fsp3) is 0.333. The monoisotopic (exact) mass is 323 g/mol. The number of carbonyl (C=O) groups excluding carboxylic acids is 2. The number of anilines is 1. The Balaban J connectivity index is 2.25. The maximum absolute atomic E-state index is 12.3. The SMILES string of the molecule is CCOC(=O)c1cc(C)sc1NC(=O)c1cc(C)sc1C. The van der Waals surface area contributed by atoms with E-state index in [0.717, 1.165) is 14.6 Å². The quantitative estimate of drug-likeness (QED) is 0.859. The van der Waals surface area contributed by atoms with Gasteiger partial charge in [0, 0.05) is 14.6 Å². The average molecular weight is 323 g/mol. The Morgan fingerprint density at radius 1 is 1.10 bits per heavy atom. The standard InChI is InChI=1S/C15H17NO3S2/c1-5-19-15(18)12-7-9(3)21-14(12)16-13(17)11-6-8(2)20-10(11)4/h6-7H,5H2,1-4H3,(H,16,17). The van der Waals surface area contributed by atoms with Crippen molar-refractivity contribution in [2.75, 3.05) is 11.9 Å². The summed E-state index contributed by atoms with van der Waals surface area (Å²) in [6.45, 7) is 7.84. The Bertz CT molecular complexity index is 685. The number of thiophene rings is 2. The Labute approximate surface area is 131 Å². The molecule has 112 valence electrons. The van der Waals surface area contributed by atoms with E-state index in [1.54, 1.807) is 24.3 Å². The molecule has 21 heavy (non-hydrogen) atoms. The second-order valence-corrected chi connectivity index (χ2v) is 7.32. The first-order valence-corrected chi connectivity index (χ1v) is 8.21. The second-order valence-electron chi connectivity index (χ2n) is 4.60. The summed E-state index contributed by atoms with van der Waals surface area (Å²) in [5, 5.41) is 3.37. The summed E-state index contributed by atoms with van der Waals surface area (Å²) in [6.07, 6.45) is 0. The average Bonchev–Trinajstić information content (AvgIpc) is 2.92. The molecular weight excluding hydrogens is 306 g/mol. The molecule has 0 unspecified atom stereocenters. The molecule has 0 aliphatic heterocycles. The normalized spacial score (nSPS) is 10.5. The highest BCUT2D eigenvalue weighted by molar-refractivity contribution is 7.16. The fourth-order valence-corrected chi connectivity index (χ4v) is 3.81. The van der Waals surface area contributed by atoms with Gasteiger partial charge in [0.15, 0.2) is 0 Å². The van der Waals surface area contributed by atoms with Crippen LogP contribution in [0.15, 0.2) is 12.1 Å². The molecule has 0 aliphatic rings. The minimum Gasteiger partial charge on any atom is -0.462 e. The van der Waals surface area contributed by atoms with E-state index in [4.69, 9.17) is 4.74 Å². The van der Waals surface area contributed by atoms with Crippen LogP contribution in [0.2, 0.25) is 0 Å². The summed E-state index contributed by atoms with van der Waals surface area (Å²) in [5.74, 6) is -0.598. The van der Waals surface area contributed by atoms with Crippen molar-refractivity contribution < 1.29 is 14.3 Å². The zero-order chi connectivity index (χ0) is 15.6. The van der Waals surface area contributed by atoms with Crippen LogP contribution < -0.4 is 5.32 Å². The summed E-state index contributed by atoms with van der Waals surface area (Å²) < 4.78 is 5.02. The van der Waals surface area contributed by atoms with Gasteiger partial charge in [-0.3, -0.25) is 4.79 Å². The van der Waals surface area contributed by atoms with Gasteiger partial charge in [-0.15, -0.1) is 22.7 Å². The molecule has 1 N–H and O–H groups in total. The molecule has 0 radical (unpaired) electrons. The zero-order valence-electron chi connectivity index (χ0n) is 12.4. The van der Waals surface area contributed by atoms with E-state index in [1.165, 1.54) is 11.3 Å². The van der Waals surface area contributed by atoms with Crippen molar-refractivity contribution in [3.8, 4) is 0 Å². The third kappa shape index (κ3) is 3.51. The van der Waals surface area contributed by atoms with Crippen LogP contribution in [0.25, 0.3) is 0 Å². The lowest BCUT2D eigenvalue weighted by atomic mass is 10.2. The maximum Gasteiger partial charge on any atom is 0.341 e. The van der Waals surface area contributed by atoms with Crippen molar-refractivity contribution in [1.29, 1.82) is 0 Å². The van der Waals surface area contributed by atoms with Crippen LogP contribution >= 0.6 is 22.7 Å². The predicted octanol–water partition coefficient (Wildman–Crippen LogP) is 4.16. The molecule has 2 aromatic rings. The molecule has 0 aliphatic carbocycles. The van der Waals surface area contributed by atoms with Crippen LogP contribution in [0.4, 0.5) is 5.00 Å². The van der Waals surface area contributed by atoms with Gasteiger partial charge in [0.1, 0.15) is 5.00 Å². The summed E-state index contributed by atoms with van der Waals surface area (Å²) in [7, 11) is 0. The van der Waals surface area contributed by atoms with Crippen molar-refractivity contribution in [2.45, 2.75) is 27.7 Å². The number of ether oxygens (including phenoxy) is 1. The van der Waals surface area contributed by atoms with E-state index in [9.17, 15) is 9.59 Å². The summed E-state index contributed by atoms with van der Waals surface area (Å²) in [5.41, 5.74) is 1.07. The molecule has 0 atom stereocenters. The van der Waals surface area contributed by atoms with Crippen LogP contribution in [-0.4, -0.2) is 18.5 Å². The van der Waals surface area contributed by atoms with Crippen molar-refractivity contribution >= 4 is 39.6 Å². The molecule has 0 saturated heterocycles. The van der Waals surface area contributed by atoms with Gasteiger partial charge in [-0.1, -0.05) is 0 Å². The number of rotatable bonds is 4. The molecule has 2 rings (SSSR count). The Kier molecular flexibility index (Phi) is 4.80. The van der Waals surface area contributed by atoms with Crippen LogP contribution in [-0.2, 0) is 4.74 Å². The minimum atomic E-state index is -0.407. The minimum absolute atomic E-state index is 0.191. The Morgan fingerprint density at radius 2 is 1.71 bits per heavy atom. The molecule has 0 aromatic carbocycles. The number of hydrogen-bond acceptors (Lipinski definition) is 5. The molecule has 2 heterocycles. The number of amides is 1. The largest absolute Gasteiger partial charge is 0.462 e. The van der Waals surface area contributed by atoms with E-state index in [0.29, 0.717) is 22.7 Å². The lowest BCUT2D eigenvalue weighted by molar-refractivity contribution is 0.0528. The lowest BCUT2D eigenvalue weighted by Gasteiger charge is -2.05. The van der Waals surface area contributed by atoms with Gasteiger partial charge in [0.05, 0.1) is 17.7 Å². The highest BCUT2D eigenvalue weighted by atomic mass is 32.1. The molecule has 0 saturated carbocycles. The Hall–Kier alpha value is -1.66. The highest BCUT2D eigenvalue weighted by Crippen LogP contribution is 2.30. The van der Waals surface area contributed by atoms with E-state index in [1.807, 2.05) is 26.8 Å². The zero-order valence-corrected chi connectivity index (χ0v) is 14.0. The number of nitrogens with one attached hydrogen (secondary N) is 1. The number of hydrogen-bond donors (Lipinski definition) is 1. The van der Waals surface area contributed by atoms with Gasteiger partial charge in [0.2, 0.25) is 0 Å². The molecule has 0 bridgehead atoms. The smallest absolute Gasteiger partial charge is 0.341 e. The third-order valence-corrected chi connectivity index (χ3v) is 4.80. The summed E-state index contributed by atoms with van der Waals surface area (Å²) >= 11 is 2.96. The van der Waals surface area contributed by atoms with E-state index in [-0.39, 0.29) is 5.91 Å². The van der Waals surface area contributed by atoms with Crippen LogP contribution in [0.1, 0.15) is 42.3 Å². The fourth-order valence-electron chi connectivity index (χ4n) is 1.99. The van der Waals surface area contributed by atoms with Crippen LogP contribution in [0.3, 0.4) is 0 Å². The molecule has 6 heteroatoms. The van der Waals surface area contributed by atoms with Gasteiger partial charge in [-0.2, -0.15) is 0 Å². The second kappa shape index (κ2) is 6.41. The van der Waals surface area contributed by atoms with Crippen LogP contribution in [0.5, 0.6) is 0 Å². The van der Waals surface area contributed by atoms with Crippen molar-refractivity contribution in [3.63, 3.8) is 0 Å². The van der Waals surface area contributed by atoms with E-state index >= 15 is 0 Å². The van der Waals surface area contributed by atoms with E-state index < -0.39 is 5.97 Å². The van der Waals surface area contributed by atoms with Crippen molar-refractivity contribution in [3.05, 3.63) is 37.9 Å². The predicted molar refractivity (Wildman–Crippen MR) is 86.8 cm³/mol. The van der Waals surface area contributed by atoms with Crippen molar-refractivity contribution in [1.82, 2.24) is 0 Å². The van der Waals surface area contributed by atoms with Gasteiger partial charge >= 0.3 is 5.97 Å². The topological polar surface area (TPSA) is 55.4 Å². The molecule has 0 fully saturated rings. The Morgan fingerprint density at radius 3 is 2.29 bits per heavy atom. The molecule has 2 aromatic heterocycles. The van der Waals surface area contributed by atoms with Gasteiger partial charge in [0.25, 0.3) is 5.91 Å². The van der Waals surface area contributed by atoms with Gasteiger partial charge in [-0.05, 0) is 39.8 Å². The van der Waals surface area contributed by atoms with Crippen LogP contribution in [0, 0.1) is 20.8 Å². The maximum atomic E-state index is 12.3. The number of esters is 1. The third-order valence-electron chi connectivity index (χ3n) is 2.86. The summed E-state index contributed by atoms with van der Waals surface area (Å²) in [6, 6.07) is 3.60. The van der Waals surface area contributed by atoms with Gasteiger partial charge in [-0.25, -0.2) is 4.79 Å². The lowest BCUT2D eigenvalue weighted by Crippen LogP contribution is -2.14. The summed E-state index contributed by atoms with van der Waals surface area (Å²) in [4.78, 5) is 27.3.